The van der Waals surface area contributed by atoms with Crippen molar-refractivity contribution in [2.75, 3.05) is 0 Å². The molecule has 0 saturated heterocycles. The average molecular weight is 782 g/mol. The first-order valence-electron chi connectivity index (χ1n) is 20.3. The lowest BCUT2D eigenvalue weighted by molar-refractivity contribution is 0.669. The molecule has 0 saturated carbocycles. The maximum atomic E-state index is 6.56. The fourth-order valence-electron chi connectivity index (χ4n) is 9.22. The number of rotatable bonds is 5. The monoisotopic (exact) mass is 781 g/mol. The molecule has 4 aromatic heterocycles. The van der Waals surface area contributed by atoms with Gasteiger partial charge in [0.1, 0.15) is 33.5 Å². The van der Waals surface area contributed by atoms with Gasteiger partial charge < -0.3 is 13.3 Å². The van der Waals surface area contributed by atoms with Crippen molar-refractivity contribution in [2.24, 2.45) is 0 Å². The highest BCUT2D eigenvalue weighted by Gasteiger charge is 2.21. The summed E-state index contributed by atoms with van der Waals surface area (Å²) in [6, 6.07) is 64.5. The first-order chi connectivity index (χ1) is 30.2. The molecule has 4 heterocycles. The predicted octanol–water partition coefficient (Wildman–Crippen LogP) is 15.1. The van der Waals surface area contributed by atoms with Crippen LogP contribution in [0.2, 0.25) is 0 Å². The summed E-state index contributed by atoms with van der Waals surface area (Å²) < 4.78 is 19.3. The second-order valence-corrected chi connectivity index (χ2v) is 15.4. The van der Waals surface area contributed by atoms with Gasteiger partial charge in [-0.25, -0.2) is 15.0 Å². The van der Waals surface area contributed by atoms with Crippen molar-refractivity contribution in [1.29, 1.82) is 0 Å². The van der Waals surface area contributed by atoms with Crippen molar-refractivity contribution in [3.63, 3.8) is 0 Å². The van der Waals surface area contributed by atoms with Gasteiger partial charge in [-0.2, -0.15) is 0 Å². The minimum Gasteiger partial charge on any atom is -0.456 e. The summed E-state index contributed by atoms with van der Waals surface area (Å²) in [6.45, 7) is 0. The third-order valence-corrected chi connectivity index (χ3v) is 12.0. The highest BCUT2D eigenvalue weighted by Crippen LogP contribution is 2.44. The zero-order valence-electron chi connectivity index (χ0n) is 32.5. The molecule has 0 aliphatic heterocycles. The molecule has 0 N–H and O–H groups in total. The molecular formula is C55H31N3O3. The Morgan fingerprint density at radius 3 is 1.57 bits per heavy atom. The molecule has 6 heteroatoms. The van der Waals surface area contributed by atoms with Gasteiger partial charge in [0.25, 0.3) is 0 Å². The molecule has 9 aromatic carbocycles. The van der Waals surface area contributed by atoms with Crippen LogP contribution in [0, 0.1) is 0 Å². The molecule has 0 bridgehead atoms. The molecular weight excluding hydrogens is 751 g/mol. The van der Waals surface area contributed by atoms with Crippen molar-refractivity contribution in [2.45, 2.75) is 0 Å². The van der Waals surface area contributed by atoms with Crippen LogP contribution >= 0.6 is 0 Å². The summed E-state index contributed by atoms with van der Waals surface area (Å²) in [5.41, 5.74) is 12.0. The summed E-state index contributed by atoms with van der Waals surface area (Å²) >= 11 is 0. The minimum absolute atomic E-state index is 0.547. The van der Waals surface area contributed by atoms with E-state index >= 15 is 0 Å². The van der Waals surface area contributed by atoms with Crippen LogP contribution in [0.15, 0.2) is 201 Å². The van der Waals surface area contributed by atoms with E-state index in [0.29, 0.717) is 17.5 Å². The quantitative estimate of drug-likeness (QED) is 0.173. The number of benzene rings is 9. The van der Waals surface area contributed by atoms with Crippen LogP contribution in [0.5, 0.6) is 0 Å². The van der Waals surface area contributed by atoms with E-state index in [1.54, 1.807) is 0 Å². The Labute approximate surface area is 348 Å². The van der Waals surface area contributed by atoms with E-state index in [9.17, 15) is 0 Å². The Kier molecular flexibility index (Phi) is 7.21. The molecule has 61 heavy (non-hydrogen) atoms. The lowest BCUT2D eigenvalue weighted by Crippen LogP contribution is -2.01. The number of furan rings is 3. The first-order valence-corrected chi connectivity index (χ1v) is 20.3. The Morgan fingerprint density at radius 1 is 0.262 bits per heavy atom. The highest BCUT2D eigenvalue weighted by molar-refractivity contribution is 6.18. The van der Waals surface area contributed by atoms with Crippen molar-refractivity contribution in [3.05, 3.63) is 188 Å². The van der Waals surface area contributed by atoms with Gasteiger partial charge in [0.05, 0.1) is 5.56 Å². The van der Waals surface area contributed by atoms with Gasteiger partial charge in [-0.05, 0) is 81.6 Å². The summed E-state index contributed by atoms with van der Waals surface area (Å²) in [5.74, 6) is 1.72. The summed E-state index contributed by atoms with van der Waals surface area (Å²) in [6.07, 6.45) is 0. The smallest absolute Gasteiger partial charge is 0.167 e. The molecule has 0 spiro atoms. The van der Waals surface area contributed by atoms with E-state index in [1.807, 2.05) is 78.9 Å². The van der Waals surface area contributed by atoms with E-state index < -0.39 is 0 Å². The zero-order chi connectivity index (χ0) is 40.0. The largest absolute Gasteiger partial charge is 0.456 e. The molecule has 0 amide bonds. The van der Waals surface area contributed by atoms with E-state index in [4.69, 9.17) is 28.2 Å². The van der Waals surface area contributed by atoms with Crippen LogP contribution in [0.4, 0.5) is 0 Å². The van der Waals surface area contributed by atoms with E-state index in [-0.39, 0.29) is 0 Å². The summed E-state index contributed by atoms with van der Waals surface area (Å²) in [5, 5.41) is 8.51. The topological polar surface area (TPSA) is 78.1 Å². The number of hydrogen-bond acceptors (Lipinski definition) is 6. The lowest BCUT2D eigenvalue weighted by Gasteiger charge is -2.14. The van der Waals surface area contributed by atoms with Crippen molar-refractivity contribution >= 4 is 76.6 Å². The Hall–Kier alpha value is -8.35. The molecule has 13 aromatic rings. The van der Waals surface area contributed by atoms with Gasteiger partial charge in [0.2, 0.25) is 0 Å². The van der Waals surface area contributed by atoms with Crippen LogP contribution in [0.3, 0.4) is 0 Å². The molecule has 0 fully saturated rings. The van der Waals surface area contributed by atoms with Gasteiger partial charge in [-0.15, -0.1) is 0 Å². The Morgan fingerprint density at radius 2 is 0.787 bits per heavy atom. The fraction of sp³-hybridized carbons (Fsp3) is 0. The van der Waals surface area contributed by atoms with Gasteiger partial charge in [-0.1, -0.05) is 140 Å². The normalized spacial score (nSPS) is 11.9. The predicted molar refractivity (Wildman–Crippen MR) is 246 cm³/mol. The lowest BCUT2D eigenvalue weighted by atomic mass is 9.91. The maximum Gasteiger partial charge on any atom is 0.167 e. The van der Waals surface area contributed by atoms with Crippen LogP contribution in [-0.2, 0) is 0 Å². The molecule has 0 radical (unpaired) electrons. The first kappa shape index (κ1) is 33.6. The number of nitrogens with zero attached hydrogens (tertiary/aromatic N) is 3. The molecule has 6 nitrogen and oxygen atoms in total. The van der Waals surface area contributed by atoms with Crippen LogP contribution < -0.4 is 0 Å². The summed E-state index contributed by atoms with van der Waals surface area (Å²) in [4.78, 5) is 15.5. The number of para-hydroxylation sites is 3. The molecule has 0 unspecified atom stereocenters. The van der Waals surface area contributed by atoms with E-state index in [2.05, 4.69) is 109 Å². The second kappa shape index (κ2) is 13.1. The minimum atomic E-state index is 0.547. The van der Waals surface area contributed by atoms with Crippen LogP contribution in [0.1, 0.15) is 0 Å². The number of fused-ring (bicyclic) bond motifs is 10. The van der Waals surface area contributed by atoms with Gasteiger partial charge in [0, 0.05) is 43.4 Å². The summed E-state index contributed by atoms with van der Waals surface area (Å²) in [7, 11) is 0. The Balaban J connectivity index is 1.01. The van der Waals surface area contributed by atoms with Crippen molar-refractivity contribution < 1.29 is 13.3 Å². The van der Waals surface area contributed by atoms with Crippen molar-refractivity contribution in [3.8, 4) is 56.4 Å². The second-order valence-electron chi connectivity index (χ2n) is 15.4. The Bertz CT molecular complexity index is 3900. The number of hydrogen-bond donors (Lipinski definition) is 0. The molecule has 13 rings (SSSR count). The van der Waals surface area contributed by atoms with Crippen molar-refractivity contribution in [1.82, 2.24) is 15.0 Å². The number of aromatic nitrogens is 3. The van der Waals surface area contributed by atoms with Gasteiger partial charge in [-0.3, -0.25) is 0 Å². The maximum absolute atomic E-state index is 6.56. The average Bonchev–Trinajstić information content (AvgIpc) is 4.02. The third kappa shape index (κ3) is 5.19. The molecule has 0 atom stereocenters. The standard InChI is InChI=1S/C55H31N3O3/c1-2-13-32(14-3-1)53-56-54(58-55(57-53)43-22-10-21-40-38-17-6-8-23-45(38)61-52(40)43)41-29-28-37(35-15-4-5-16-36(35)41)39-20-12-26-49-51(39)44-31-33(27-30-47(44)60-49)34-19-11-25-48-50(34)42-18-7-9-24-46(42)59-48/h1-31H. The zero-order valence-corrected chi connectivity index (χ0v) is 32.5. The molecule has 0 aliphatic rings. The third-order valence-electron chi connectivity index (χ3n) is 12.0. The van der Waals surface area contributed by atoms with Crippen LogP contribution in [-0.4, -0.2) is 15.0 Å². The fourth-order valence-corrected chi connectivity index (χ4v) is 9.22. The van der Waals surface area contributed by atoms with Crippen LogP contribution in [0.25, 0.3) is 133 Å². The SMILES string of the molecule is c1ccc(-c2nc(-c3ccc(-c4cccc5oc6ccc(-c7cccc8oc9ccccc9c78)cc6c45)c4ccccc34)nc(-c3cccc4c3oc3ccccc34)n2)cc1. The van der Waals surface area contributed by atoms with Gasteiger partial charge >= 0.3 is 0 Å². The van der Waals surface area contributed by atoms with E-state index in [0.717, 1.165) is 116 Å². The van der Waals surface area contributed by atoms with Gasteiger partial charge in [0.15, 0.2) is 17.5 Å². The highest BCUT2D eigenvalue weighted by atomic mass is 16.3. The molecule has 284 valence electrons. The molecule has 0 aliphatic carbocycles. The van der Waals surface area contributed by atoms with E-state index in [1.165, 1.54) is 0 Å².